The zero-order chi connectivity index (χ0) is 13.6. The summed E-state index contributed by atoms with van der Waals surface area (Å²) in [5.74, 6) is 0. The highest BCUT2D eigenvalue weighted by Gasteiger charge is 2.16. The molecule has 0 radical (unpaired) electrons. The minimum atomic E-state index is -3.67. The number of nitrogen functional groups attached to an aromatic ring is 1. The molecule has 0 unspecified atom stereocenters. The van der Waals surface area contributed by atoms with Gasteiger partial charge in [-0.3, -0.25) is 0 Å². The van der Waals surface area contributed by atoms with Crippen molar-refractivity contribution in [3.05, 3.63) is 23.2 Å². The molecule has 0 bridgehead atoms. The third-order valence-electron chi connectivity index (χ3n) is 2.04. The molecule has 1 aromatic carbocycles. The highest BCUT2D eigenvalue weighted by Crippen LogP contribution is 2.21. The number of rotatable bonds is 7. The van der Waals surface area contributed by atoms with E-state index in [1.165, 1.54) is 18.2 Å². The van der Waals surface area contributed by atoms with Crippen molar-refractivity contribution in [1.82, 2.24) is 4.72 Å². The normalized spacial score (nSPS) is 11.7. The Kier molecular flexibility index (Phi) is 5.83. The maximum Gasteiger partial charge on any atom is 0.242 e. The summed E-state index contributed by atoms with van der Waals surface area (Å²) in [6.07, 6.45) is 0. The van der Waals surface area contributed by atoms with Gasteiger partial charge in [0.15, 0.2) is 0 Å². The van der Waals surface area contributed by atoms with Crippen LogP contribution in [0.4, 0.5) is 5.69 Å². The number of nitrogens with one attached hydrogen (secondary N) is 1. The molecule has 8 heteroatoms. The predicted octanol–water partition coefficient (Wildman–Crippen LogP) is 0.209. The summed E-state index contributed by atoms with van der Waals surface area (Å²) in [5.41, 5.74) is 5.68. The molecular weight excluding hydrogens is 280 g/mol. The molecule has 0 aliphatic carbocycles. The fourth-order valence-corrected chi connectivity index (χ4v) is 2.56. The first-order valence-electron chi connectivity index (χ1n) is 5.20. The second kappa shape index (κ2) is 6.91. The van der Waals surface area contributed by atoms with Crippen LogP contribution < -0.4 is 10.5 Å². The van der Waals surface area contributed by atoms with E-state index < -0.39 is 10.0 Å². The van der Waals surface area contributed by atoms with E-state index in [1.807, 2.05) is 0 Å². The molecular formula is C10H15ClN2O4S. The lowest BCUT2D eigenvalue weighted by atomic mass is 10.3. The van der Waals surface area contributed by atoms with Gasteiger partial charge in [-0.2, -0.15) is 0 Å². The van der Waals surface area contributed by atoms with Crippen LogP contribution in [-0.4, -0.2) is 39.9 Å². The summed E-state index contributed by atoms with van der Waals surface area (Å²) < 4.78 is 31.0. The van der Waals surface area contributed by atoms with Gasteiger partial charge in [-0.05, 0) is 18.2 Å². The molecule has 0 heterocycles. The van der Waals surface area contributed by atoms with Crippen LogP contribution in [0.3, 0.4) is 0 Å². The summed E-state index contributed by atoms with van der Waals surface area (Å²) in [6.45, 7) is 0.347. The lowest BCUT2D eigenvalue weighted by Crippen LogP contribution is -2.28. The Labute approximate surface area is 111 Å². The quantitative estimate of drug-likeness (QED) is 0.493. The van der Waals surface area contributed by atoms with Crippen LogP contribution in [0.2, 0.25) is 5.02 Å². The summed E-state index contributed by atoms with van der Waals surface area (Å²) in [4.78, 5) is -0.0194. The van der Waals surface area contributed by atoms with Crippen LogP contribution in [0.1, 0.15) is 0 Å². The first-order chi connectivity index (χ1) is 8.47. The SMILES string of the molecule is Nc1cc(Cl)ccc1S(=O)(=O)NCCOCCO. The van der Waals surface area contributed by atoms with E-state index in [2.05, 4.69) is 4.72 Å². The standard InChI is InChI=1S/C10H15ClN2O4S/c11-8-1-2-10(9(12)7-8)18(15,16)13-3-5-17-6-4-14/h1-2,7,13-14H,3-6,12H2. The zero-order valence-electron chi connectivity index (χ0n) is 9.60. The van der Waals surface area contributed by atoms with Crippen molar-refractivity contribution in [3.63, 3.8) is 0 Å². The Bertz CT molecular complexity index is 493. The first kappa shape index (κ1) is 15.2. The third-order valence-corrected chi connectivity index (χ3v) is 3.81. The number of sulfonamides is 1. The Balaban J connectivity index is 2.63. The average molecular weight is 295 g/mol. The second-order valence-corrected chi connectivity index (χ2v) is 5.59. The molecule has 0 amide bonds. The number of anilines is 1. The van der Waals surface area contributed by atoms with Crippen molar-refractivity contribution in [3.8, 4) is 0 Å². The van der Waals surface area contributed by atoms with Crippen molar-refractivity contribution < 1.29 is 18.3 Å². The fraction of sp³-hybridized carbons (Fsp3) is 0.400. The number of hydrogen-bond donors (Lipinski definition) is 3. The van der Waals surface area contributed by atoms with Crippen LogP contribution in [0.25, 0.3) is 0 Å². The van der Waals surface area contributed by atoms with Gasteiger partial charge in [0.05, 0.1) is 25.5 Å². The van der Waals surface area contributed by atoms with Gasteiger partial charge in [0.1, 0.15) is 4.90 Å². The van der Waals surface area contributed by atoms with Gasteiger partial charge < -0.3 is 15.6 Å². The zero-order valence-corrected chi connectivity index (χ0v) is 11.2. The highest BCUT2D eigenvalue weighted by molar-refractivity contribution is 7.89. The number of hydrogen-bond acceptors (Lipinski definition) is 5. The molecule has 102 valence electrons. The van der Waals surface area contributed by atoms with E-state index in [4.69, 9.17) is 27.2 Å². The maximum absolute atomic E-state index is 11.9. The van der Waals surface area contributed by atoms with Crippen LogP contribution in [-0.2, 0) is 14.8 Å². The summed E-state index contributed by atoms with van der Waals surface area (Å²) in [5, 5.41) is 8.85. The summed E-state index contributed by atoms with van der Waals surface area (Å²) in [7, 11) is -3.67. The maximum atomic E-state index is 11.9. The van der Waals surface area contributed by atoms with Crippen molar-refractivity contribution >= 4 is 27.3 Å². The Morgan fingerprint density at radius 3 is 2.72 bits per heavy atom. The third kappa shape index (κ3) is 4.43. The molecule has 0 spiro atoms. The number of ether oxygens (including phenoxy) is 1. The van der Waals surface area contributed by atoms with Crippen LogP contribution in [0.5, 0.6) is 0 Å². The van der Waals surface area contributed by atoms with Gasteiger partial charge in [-0.15, -0.1) is 0 Å². The Morgan fingerprint density at radius 2 is 2.11 bits per heavy atom. The van der Waals surface area contributed by atoms with Gasteiger partial charge in [0.2, 0.25) is 10.0 Å². The van der Waals surface area contributed by atoms with Gasteiger partial charge >= 0.3 is 0 Å². The van der Waals surface area contributed by atoms with Crippen LogP contribution in [0, 0.1) is 0 Å². The largest absolute Gasteiger partial charge is 0.398 e. The molecule has 0 aromatic heterocycles. The van der Waals surface area contributed by atoms with E-state index in [9.17, 15) is 8.42 Å². The fourth-order valence-electron chi connectivity index (χ4n) is 1.26. The first-order valence-corrected chi connectivity index (χ1v) is 7.07. The molecule has 18 heavy (non-hydrogen) atoms. The molecule has 0 aliphatic rings. The number of aliphatic hydroxyl groups excluding tert-OH is 1. The second-order valence-electron chi connectivity index (χ2n) is 3.42. The monoisotopic (exact) mass is 294 g/mol. The molecule has 0 fully saturated rings. The summed E-state index contributed by atoms with van der Waals surface area (Å²) >= 11 is 5.69. The van der Waals surface area contributed by atoms with Crippen molar-refractivity contribution in [2.24, 2.45) is 0 Å². The molecule has 0 saturated carbocycles. The molecule has 1 aromatic rings. The number of halogens is 1. The topological polar surface area (TPSA) is 102 Å². The molecule has 0 aliphatic heterocycles. The lowest BCUT2D eigenvalue weighted by Gasteiger charge is -2.09. The van der Waals surface area contributed by atoms with Crippen LogP contribution >= 0.6 is 11.6 Å². The van der Waals surface area contributed by atoms with E-state index in [-0.39, 0.29) is 36.9 Å². The van der Waals surface area contributed by atoms with Crippen molar-refractivity contribution in [2.45, 2.75) is 4.90 Å². The minimum absolute atomic E-state index is 0.0194. The van der Waals surface area contributed by atoms with Crippen LogP contribution in [0.15, 0.2) is 23.1 Å². The Hall–Kier alpha value is -0.860. The lowest BCUT2D eigenvalue weighted by molar-refractivity contribution is 0.0961. The van der Waals surface area contributed by atoms with Gasteiger partial charge in [0.25, 0.3) is 0 Å². The average Bonchev–Trinajstić information content (AvgIpc) is 2.28. The van der Waals surface area contributed by atoms with Crippen molar-refractivity contribution in [1.29, 1.82) is 0 Å². The van der Waals surface area contributed by atoms with Gasteiger partial charge in [-0.25, -0.2) is 13.1 Å². The smallest absolute Gasteiger partial charge is 0.242 e. The van der Waals surface area contributed by atoms with Crippen molar-refractivity contribution in [2.75, 3.05) is 32.1 Å². The molecule has 0 atom stereocenters. The van der Waals surface area contributed by atoms with Gasteiger partial charge in [0, 0.05) is 11.6 Å². The molecule has 4 N–H and O–H groups in total. The number of aliphatic hydroxyl groups is 1. The van der Waals surface area contributed by atoms with E-state index >= 15 is 0 Å². The predicted molar refractivity (Wildman–Crippen MR) is 69.0 cm³/mol. The number of nitrogens with two attached hydrogens (primary N) is 1. The highest BCUT2D eigenvalue weighted by atomic mass is 35.5. The summed E-state index contributed by atoms with van der Waals surface area (Å²) in [6, 6.07) is 4.17. The minimum Gasteiger partial charge on any atom is -0.398 e. The Morgan fingerprint density at radius 1 is 1.39 bits per heavy atom. The molecule has 0 saturated heterocycles. The van der Waals surface area contributed by atoms with E-state index in [0.29, 0.717) is 5.02 Å². The van der Waals surface area contributed by atoms with Gasteiger partial charge in [-0.1, -0.05) is 11.6 Å². The molecule has 6 nitrogen and oxygen atoms in total. The number of benzene rings is 1. The van der Waals surface area contributed by atoms with E-state index in [1.54, 1.807) is 0 Å². The molecule has 1 rings (SSSR count). The van der Waals surface area contributed by atoms with E-state index in [0.717, 1.165) is 0 Å².